The third kappa shape index (κ3) is 4.33. The summed E-state index contributed by atoms with van der Waals surface area (Å²) < 4.78 is 0.710. The van der Waals surface area contributed by atoms with E-state index in [1.54, 1.807) is 4.90 Å². The minimum Gasteiger partial charge on any atom is -0.339 e. The van der Waals surface area contributed by atoms with E-state index in [9.17, 15) is 9.59 Å². The van der Waals surface area contributed by atoms with Gasteiger partial charge in [0, 0.05) is 38.3 Å². The third-order valence-corrected chi connectivity index (χ3v) is 5.66. The number of aryl methyl sites for hydroxylation is 2. The van der Waals surface area contributed by atoms with Crippen LogP contribution in [0.3, 0.4) is 0 Å². The lowest BCUT2D eigenvalue weighted by Crippen LogP contribution is -2.50. The molecule has 0 radical (unpaired) electrons. The maximum Gasteiger partial charge on any atom is 0.275 e. The van der Waals surface area contributed by atoms with Crippen molar-refractivity contribution in [3.05, 3.63) is 51.8 Å². The Labute approximate surface area is 161 Å². The fraction of sp³-hybridized carbons (Fsp3) is 0.421. The number of hydrogen-bond donors (Lipinski definition) is 1. The molecular weight excluding hydrogens is 396 g/mol. The zero-order valence-electron chi connectivity index (χ0n) is 14.9. The smallest absolute Gasteiger partial charge is 0.275 e. The first-order valence-corrected chi connectivity index (χ1v) is 9.67. The van der Waals surface area contributed by atoms with Crippen LogP contribution in [0.5, 0.6) is 0 Å². The van der Waals surface area contributed by atoms with Crippen LogP contribution in [-0.2, 0) is 11.2 Å². The van der Waals surface area contributed by atoms with E-state index < -0.39 is 0 Å². The van der Waals surface area contributed by atoms with E-state index in [1.807, 2.05) is 30.0 Å². The van der Waals surface area contributed by atoms with Crippen LogP contribution in [0.4, 0.5) is 0 Å². The SMILES string of the molecule is Cc1[nH]nc(C(=O)N2CCN(C(=O)CCCc3ccccc3)CC2)c1Br. The van der Waals surface area contributed by atoms with Crippen molar-refractivity contribution in [3.63, 3.8) is 0 Å². The third-order valence-electron chi connectivity index (χ3n) is 4.69. The van der Waals surface area contributed by atoms with Gasteiger partial charge in [0.2, 0.25) is 5.91 Å². The minimum atomic E-state index is -0.0996. The van der Waals surface area contributed by atoms with Gasteiger partial charge in [0.05, 0.1) is 4.47 Å². The first-order valence-electron chi connectivity index (χ1n) is 8.87. The highest BCUT2D eigenvalue weighted by molar-refractivity contribution is 9.10. The fourth-order valence-electron chi connectivity index (χ4n) is 3.11. The molecule has 26 heavy (non-hydrogen) atoms. The summed E-state index contributed by atoms with van der Waals surface area (Å²) in [4.78, 5) is 28.6. The number of H-pyrrole nitrogens is 1. The second kappa shape index (κ2) is 8.49. The molecule has 0 spiro atoms. The second-order valence-corrected chi connectivity index (χ2v) is 7.32. The van der Waals surface area contributed by atoms with Gasteiger partial charge in [-0.1, -0.05) is 30.3 Å². The zero-order valence-corrected chi connectivity index (χ0v) is 16.5. The molecule has 0 atom stereocenters. The molecule has 0 unspecified atom stereocenters. The summed E-state index contributed by atoms with van der Waals surface area (Å²) in [6, 6.07) is 10.2. The van der Waals surface area contributed by atoms with Gasteiger partial charge in [-0.25, -0.2) is 0 Å². The number of aromatic nitrogens is 2. The van der Waals surface area contributed by atoms with Gasteiger partial charge in [-0.3, -0.25) is 14.7 Å². The summed E-state index contributed by atoms with van der Waals surface area (Å²) in [6.07, 6.45) is 2.31. The van der Waals surface area contributed by atoms with Crippen molar-refractivity contribution >= 4 is 27.7 Å². The van der Waals surface area contributed by atoms with Crippen LogP contribution in [0, 0.1) is 6.92 Å². The van der Waals surface area contributed by atoms with Crippen molar-refractivity contribution in [2.45, 2.75) is 26.2 Å². The number of piperazine rings is 1. The standard InChI is InChI=1S/C19H23BrN4O2/c1-14-17(20)18(22-21-14)19(26)24-12-10-23(11-13-24)16(25)9-5-8-15-6-3-2-4-7-15/h2-4,6-7H,5,8-13H2,1H3,(H,21,22). The van der Waals surface area contributed by atoms with E-state index in [1.165, 1.54) is 5.56 Å². The predicted octanol–water partition coefficient (Wildman–Crippen LogP) is 2.79. The Hall–Kier alpha value is -2.15. The lowest BCUT2D eigenvalue weighted by molar-refractivity contribution is -0.132. The number of hydrogen-bond acceptors (Lipinski definition) is 3. The molecule has 3 rings (SSSR count). The number of carbonyl (C=O) groups is 2. The highest BCUT2D eigenvalue weighted by atomic mass is 79.9. The number of carbonyl (C=O) groups excluding carboxylic acids is 2. The van der Waals surface area contributed by atoms with Crippen molar-refractivity contribution in [1.82, 2.24) is 20.0 Å². The van der Waals surface area contributed by atoms with Crippen molar-refractivity contribution in [1.29, 1.82) is 0 Å². The maximum absolute atomic E-state index is 12.5. The molecule has 1 aromatic carbocycles. The number of halogens is 1. The van der Waals surface area contributed by atoms with Gasteiger partial charge in [0.15, 0.2) is 5.69 Å². The lowest BCUT2D eigenvalue weighted by Gasteiger charge is -2.34. The molecule has 2 amide bonds. The first kappa shape index (κ1) is 18.6. The maximum atomic E-state index is 12.5. The molecule has 1 saturated heterocycles. The minimum absolute atomic E-state index is 0.0996. The van der Waals surface area contributed by atoms with Crippen LogP contribution in [-0.4, -0.2) is 58.0 Å². The molecule has 0 saturated carbocycles. The molecule has 1 fully saturated rings. The molecule has 1 aromatic heterocycles. The van der Waals surface area contributed by atoms with E-state index in [2.05, 4.69) is 38.3 Å². The van der Waals surface area contributed by atoms with Gasteiger partial charge in [-0.05, 0) is 41.3 Å². The Morgan fingerprint density at radius 2 is 1.77 bits per heavy atom. The normalized spacial score (nSPS) is 14.5. The Bertz CT molecular complexity index is 767. The van der Waals surface area contributed by atoms with Crippen LogP contribution >= 0.6 is 15.9 Å². The number of benzene rings is 1. The first-order chi connectivity index (χ1) is 12.6. The summed E-state index contributed by atoms with van der Waals surface area (Å²) in [5.41, 5.74) is 2.50. The van der Waals surface area contributed by atoms with E-state index in [0.717, 1.165) is 18.5 Å². The molecule has 0 aliphatic carbocycles. The van der Waals surface area contributed by atoms with Crippen molar-refractivity contribution in [2.75, 3.05) is 26.2 Å². The number of nitrogens with zero attached hydrogens (tertiary/aromatic N) is 3. The highest BCUT2D eigenvalue weighted by Crippen LogP contribution is 2.20. The van der Waals surface area contributed by atoms with Crippen LogP contribution in [0.15, 0.2) is 34.8 Å². The van der Waals surface area contributed by atoms with Crippen LogP contribution in [0.25, 0.3) is 0 Å². The molecule has 138 valence electrons. The number of amides is 2. The van der Waals surface area contributed by atoms with Gasteiger partial charge in [-0.15, -0.1) is 0 Å². The molecule has 1 aliphatic heterocycles. The summed E-state index contributed by atoms with van der Waals surface area (Å²) in [5, 5.41) is 6.88. The van der Waals surface area contributed by atoms with Gasteiger partial charge in [0.25, 0.3) is 5.91 Å². The molecule has 6 nitrogen and oxygen atoms in total. The number of nitrogens with one attached hydrogen (secondary N) is 1. The average molecular weight is 419 g/mol. The summed E-state index contributed by atoms with van der Waals surface area (Å²) in [6.45, 7) is 4.11. The summed E-state index contributed by atoms with van der Waals surface area (Å²) in [5.74, 6) is 0.0715. The van der Waals surface area contributed by atoms with E-state index in [0.29, 0.717) is 42.8 Å². The number of aromatic amines is 1. The zero-order chi connectivity index (χ0) is 18.5. The van der Waals surface area contributed by atoms with Crippen LogP contribution < -0.4 is 0 Å². The van der Waals surface area contributed by atoms with Crippen molar-refractivity contribution < 1.29 is 9.59 Å². The van der Waals surface area contributed by atoms with Crippen molar-refractivity contribution in [2.24, 2.45) is 0 Å². The van der Waals surface area contributed by atoms with Gasteiger partial charge in [-0.2, -0.15) is 5.10 Å². The quantitative estimate of drug-likeness (QED) is 0.811. The monoisotopic (exact) mass is 418 g/mol. The average Bonchev–Trinajstić information content (AvgIpc) is 3.01. The number of rotatable bonds is 5. The Morgan fingerprint density at radius 3 is 2.38 bits per heavy atom. The largest absolute Gasteiger partial charge is 0.339 e. The molecule has 1 N–H and O–H groups in total. The highest BCUT2D eigenvalue weighted by Gasteiger charge is 2.27. The topological polar surface area (TPSA) is 69.3 Å². The van der Waals surface area contributed by atoms with Gasteiger partial charge < -0.3 is 9.80 Å². The Morgan fingerprint density at radius 1 is 1.12 bits per heavy atom. The van der Waals surface area contributed by atoms with E-state index in [4.69, 9.17) is 0 Å². The Balaban J connectivity index is 1.45. The summed E-state index contributed by atoms with van der Waals surface area (Å²) in [7, 11) is 0. The van der Waals surface area contributed by atoms with E-state index in [-0.39, 0.29) is 11.8 Å². The second-order valence-electron chi connectivity index (χ2n) is 6.52. The molecule has 2 heterocycles. The van der Waals surface area contributed by atoms with Crippen LogP contribution in [0.2, 0.25) is 0 Å². The van der Waals surface area contributed by atoms with Gasteiger partial charge in [0.1, 0.15) is 0 Å². The molecule has 2 aromatic rings. The Kier molecular flexibility index (Phi) is 6.08. The lowest BCUT2D eigenvalue weighted by atomic mass is 10.1. The molecule has 1 aliphatic rings. The predicted molar refractivity (Wildman–Crippen MR) is 103 cm³/mol. The fourth-order valence-corrected chi connectivity index (χ4v) is 3.46. The molecule has 7 heteroatoms. The summed E-state index contributed by atoms with van der Waals surface area (Å²) >= 11 is 3.39. The van der Waals surface area contributed by atoms with Crippen molar-refractivity contribution in [3.8, 4) is 0 Å². The van der Waals surface area contributed by atoms with Gasteiger partial charge >= 0.3 is 0 Å². The molecule has 0 bridgehead atoms. The van der Waals surface area contributed by atoms with E-state index >= 15 is 0 Å². The molecular formula is C19H23BrN4O2. The van der Waals surface area contributed by atoms with Crippen LogP contribution in [0.1, 0.15) is 34.6 Å².